The van der Waals surface area contributed by atoms with Crippen molar-refractivity contribution in [1.82, 2.24) is 5.32 Å². The van der Waals surface area contributed by atoms with Crippen molar-refractivity contribution in [3.63, 3.8) is 0 Å². The van der Waals surface area contributed by atoms with Crippen LogP contribution in [0, 0.1) is 18.3 Å². The van der Waals surface area contributed by atoms with Gasteiger partial charge >= 0.3 is 0 Å². The molecule has 1 aromatic rings. The highest BCUT2D eigenvalue weighted by Crippen LogP contribution is 2.22. The van der Waals surface area contributed by atoms with Crippen molar-refractivity contribution in [3.8, 4) is 6.07 Å². The lowest BCUT2D eigenvalue weighted by atomic mass is 9.91. The molecule has 1 aromatic carbocycles. The van der Waals surface area contributed by atoms with Gasteiger partial charge in [-0.2, -0.15) is 5.26 Å². The summed E-state index contributed by atoms with van der Waals surface area (Å²) >= 11 is 0. The van der Waals surface area contributed by atoms with Crippen LogP contribution in [0.4, 0.5) is 5.69 Å². The van der Waals surface area contributed by atoms with Crippen molar-refractivity contribution in [2.24, 2.45) is 0 Å². The Balaban J connectivity index is 2.12. The Kier molecular flexibility index (Phi) is 3.12. The Morgan fingerprint density at radius 3 is 2.69 bits per heavy atom. The van der Waals surface area contributed by atoms with E-state index in [-0.39, 0.29) is 0 Å². The molecule has 3 nitrogen and oxygen atoms in total. The van der Waals surface area contributed by atoms with Gasteiger partial charge in [-0.05, 0) is 38.4 Å². The summed E-state index contributed by atoms with van der Waals surface area (Å²) in [5.74, 6) is 0. The number of rotatable bonds is 2. The SMILES string of the molecule is Cc1ccc(NC2(C#N)CCCNC2)cc1. The first-order valence-electron chi connectivity index (χ1n) is 5.71. The summed E-state index contributed by atoms with van der Waals surface area (Å²) in [5, 5.41) is 15.9. The topological polar surface area (TPSA) is 47.9 Å². The highest BCUT2D eigenvalue weighted by Gasteiger charge is 2.31. The molecule has 84 valence electrons. The van der Waals surface area contributed by atoms with E-state index in [0.29, 0.717) is 0 Å². The number of nitrogens with one attached hydrogen (secondary N) is 2. The largest absolute Gasteiger partial charge is 0.366 e. The fraction of sp³-hybridized carbons (Fsp3) is 0.462. The van der Waals surface area contributed by atoms with E-state index < -0.39 is 5.54 Å². The van der Waals surface area contributed by atoms with Crippen LogP contribution < -0.4 is 10.6 Å². The molecular weight excluding hydrogens is 198 g/mol. The van der Waals surface area contributed by atoms with Crippen molar-refractivity contribution in [2.45, 2.75) is 25.3 Å². The lowest BCUT2D eigenvalue weighted by Crippen LogP contribution is -2.50. The maximum atomic E-state index is 9.30. The molecule has 1 aliphatic rings. The highest BCUT2D eigenvalue weighted by molar-refractivity contribution is 5.49. The Bertz CT molecular complexity index is 383. The molecule has 0 aromatic heterocycles. The summed E-state index contributed by atoms with van der Waals surface area (Å²) in [6, 6.07) is 10.6. The van der Waals surface area contributed by atoms with E-state index in [1.54, 1.807) is 0 Å². The molecule has 1 fully saturated rings. The summed E-state index contributed by atoms with van der Waals surface area (Å²) in [6.07, 6.45) is 1.96. The van der Waals surface area contributed by atoms with Crippen LogP contribution >= 0.6 is 0 Å². The first-order valence-corrected chi connectivity index (χ1v) is 5.71. The molecule has 1 saturated heterocycles. The van der Waals surface area contributed by atoms with Crippen LogP contribution in [0.2, 0.25) is 0 Å². The van der Waals surface area contributed by atoms with Crippen LogP contribution in [0.25, 0.3) is 0 Å². The summed E-state index contributed by atoms with van der Waals surface area (Å²) in [4.78, 5) is 0. The van der Waals surface area contributed by atoms with Gasteiger partial charge in [0.05, 0.1) is 6.07 Å². The molecule has 16 heavy (non-hydrogen) atoms. The average Bonchev–Trinajstić information content (AvgIpc) is 2.33. The smallest absolute Gasteiger partial charge is 0.138 e. The monoisotopic (exact) mass is 215 g/mol. The summed E-state index contributed by atoms with van der Waals surface area (Å²) in [7, 11) is 0. The molecule has 2 N–H and O–H groups in total. The minimum absolute atomic E-state index is 0.437. The quantitative estimate of drug-likeness (QED) is 0.793. The maximum absolute atomic E-state index is 9.30. The standard InChI is InChI=1S/C13H17N3/c1-11-3-5-12(6-4-11)16-13(9-14)7-2-8-15-10-13/h3-6,15-16H,2,7-8,10H2,1H3. The van der Waals surface area contributed by atoms with E-state index in [1.165, 1.54) is 5.56 Å². The molecule has 1 aliphatic heterocycles. The fourth-order valence-corrected chi connectivity index (χ4v) is 2.05. The predicted molar refractivity (Wildman–Crippen MR) is 65.2 cm³/mol. The Labute approximate surface area is 96.5 Å². The second-order valence-electron chi connectivity index (χ2n) is 4.47. The van der Waals surface area contributed by atoms with E-state index in [2.05, 4.69) is 35.8 Å². The third kappa shape index (κ3) is 2.34. The van der Waals surface area contributed by atoms with Gasteiger partial charge in [-0.15, -0.1) is 0 Å². The first kappa shape index (κ1) is 11.0. The van der Waals surface area contributed by atoms with E-state index >= 15 is 0 Å². The molecule has 2 rings (SSSR count). The molecule has 1 heterocycles. The minimum atomic E-state index is -0.437. The molecule has 1 unspecified atom stereocenters. The Morgan fingerprint density at radius 1 is 1.38 bits per heavy atom. The van der Waals surface area contributed by atoms with Crippen LogP contribution in [0.5, 0.6) is 0 Å². The van der Waals surface area contributed by atoms with Crippen molar-refractivity contribution in [2.75, 3.05) is 18.4 Å². The second-order valence-corrected chi connectivity index (χ2v) is 4.47. The number of nitriles is 1. The number of anilines is 1. The van der Waals surface area contributed by atoms with Crippen LogP contribution in [0.1, 0.15) is 18.4 Å². The molecule has 0 aliphatic carbocycles. The lowest BCUT2D eigenvalue weighted by molar-refractivity contribution is 0.411. The molecule has 0 spiro atoms. The van der Waals surface area contributed by atoms with Gasteiger partial charge in [-0.3, -0.25) is 0 Å². The van der Waals surface area contributed by atoms with Gasteiger partial charge in [-0.1, -0.05) is 17.7 Å². The number of nitrogens with zero attached hydrogens (tertiary/aromatic N) is 1. The van der Waals surface area contributed by atoms with Gasteiger partial charge < -0.3 is 10.6 Å². The second kappa shape index (κ2) is 4.54. The summed E-state index contributed by atoms with van der Waals surface area (Å²) < 4.78 is 0. The third-order valence-electron chi connectivity index (χ3n) is 3.03. The maximum Gasteiger partial charge on any atom is 0.138 e. The normalized spacial score (nSPS) is 24.8. The van der Waals surface area contributed by atoms with Crippen LogP contribution in [-0.2, 0) is 0 Å². The van der Waals surface area contributed by atoms with Crippen molar-refractivity contribution in [3.05, 3.63) is 29.8 Å². The van der Waals surface area contributed by atoms with Crippen LogP contribution in [-0.4, -0.2) is 18.6 Å². The van der Waals surface area contributed by atoms with E-state index in [0.717, 1.165) is 31.6 Å². The van der Waals surface area contributed by atoms with Gasteiger partial charge in [-0.25, -0.2) is 0 Å². The van der Waals surface area contributed by atoms with Crippen LogP contribution in [0.3, 0.4) is 0 Å². The fourth-order valence-electron chi connectivity index (χ4n) is 2.05. The molecule has 1 atom stereocenters. The molecule has 0 bridgehead atoms. The molecule has 0 saturated carbocycles. The van der Waals surface area contributed by atoms with E-state index in [1.807, 2.05) is 12.1 Å². The lowest BCUT2D eigenvalue weighted by Gasteiger charge is -2.33. The summed E-state index contributed by atoms with van der Waals surface area (Å²) in [6.45, 7) is 3.79. The third-order valence-corrected chi connectivity index (χ3v) is 3.03. The van der Waals surface area contributed by atoms with E-state index in [4.69, 9.17) is 0 Å². The van der Waals surface area contributed by atoms with Gasteiger partial charge in [0.1, 0.15) is 5.54 Å². The zero-order chi connectivity index (χ0) is 11.4. The molecule has 0 radical (unpaired) electrons. The van der Waals surface area contributed by atoms with Gasteiger partial charge in [0, 0.05) is 12.2 Å². The first-order chi connectivity index (χ1) is 7.74. The Hall–Kier alpha value is -1.53. The molecule has 0 amide bonds. The number of aryl methyl sites for hydroxylation is 1. The van der Waals surface area contributed by atoms with Gasteiger partial charge in [0.2, 0.25) is 0 Å². The Morgan fingerprint density at radius 2 is 2.12 bits per heavy atom. The zero-order valence-electron chi connectivity index (χ0n) is 9.59. The molecular formula is C13H17N3. The van der Waals surface area contributed by atoms with Crippen molar-refractivity contribution in [1.29, 1.82) is 5.26 Å². The average molecular weight is 215 g/mol. The van der Waals surface area contributed by atoms with E-state index in [9.17, 15) is 5.26 Å². The highest BCUT2D eigenvalue weighted by atomic mass is 15.1. The number of piperidine rings is 1. The molecule has 3 heteroatoms. The minimum Gasteiger partial charge on any atom is -0.366 e. The number of benzene rings is 1. The number of hydrogen-bond donors (Lipinski definition) is 2. The van der Waals surface area contributed by atoms with Gasteiger partial charge in [0.25, 0.3) is 0 Å². The number of hydrogen-bond acceptors (Lipinski definition) is 3. The van der Waals surface area contributed by atoms with Crippen molar-refractivity contribution < 1.29 is 0 Å². The van der Waals surface area contributed by atoms with Crippen molar-refractivity contribution >= 4 is 5.69 Å². The predicted octanol–water partition coefficient (Wildman–Crippen LogP) is 2.05. The van der Waals surface area contributed by atoms with Gasteiger partial charge in [0.15, 0.2) is 0 Å². The zero-order valence-corrected chi connectivity index (χ0v) is 9.59. The summed E-state index contributed by atoms with van der Waals surface area (Å²) in [5.41, 5.74) is 1.82. The van der Waals surface area contributed by atoms with Crippen LogP contribution in [0.15, 0.2) is 24.3 Å².